The number of anilines is 1. The number of carbonyl (C=O) groups is 2. The van der Waals surface area contributed by atoms with E-state index in [4.69, 9.17) is 5.73 Å². The fourth-order valence-electron chi connectivity index (χ4n) is 1.21. The molecule has 86 valence electrons. The summed E-state index contributed by atoms with van der Waals surface area (Å²) in [5.74, 6) is -1.86. The topological polar surface area (TPSA) is 98.8 Å². The third kappa shape index (κ3) is 1.90. The number of methoxy groups -OCH3 is 2. The van der Waals surface area contributed by atoms with Crippen LogP contribution in [0.5, 0.6) is 5.75 Å². The highest BCUT2D eigenvalue weighted by molar-refractivity contribution is 6.05. The van der Waals surface area contributed by atoms with Gasteiger partial charge in [0.25, 0.3) is 0 Å². The van der Waals surface area contributed by atoms with Gasteiger partial charge in [0, 0.05) is 0 Å². The van der Waals surface area contributed by atoms with Crippen molar-refractivity contribution in [1.82, 2.24) is 0 Å². The van der Waals surface area contributed by atoms with Gasteiger partial charge in [-0.15, -0.1) is 0 Å². The van der Waals surface area contributed by atoms with Crippen LogP contribution in [0.4, 0.5) is 5.69 Å². The molecule has 0 amide bonds. The molecule has 0 atom stereocenters. The summed E-state index contributed by atoms with van der Waals surface area (Å²) in [7, 11) is 2.33. The fourth-order valence-corrected chi connectivity index (χ4v) is 1.21. The van der Waals surface area contributed by atoms with Gasteiger partial charge in [0.1, 0.15) is 11.3 Å². The van der Waals surface area contributed by atoms with Crippen molar-refractivity contribution in [1.29, 1.82) is 0 Å². The molecule has 0 bridgehead atoms. The number of nitrogens with two attached hydrogens (primary N) is 1. The highest BCUT2D eigenvalue weighted by Gasteiger charge is 2.21. The summed E-state index contributed by atoms with van der Waals surface area (Å²) in [4.78, 5) is 22.6. The molecule has 0 aromatic heterocycles. The third-order valence-corrected chi connectivity index (χ3v) is 2.02. The maximum absolute atomic E-state index is 11.3. The van der Waals surface area contributed by atoms with E-state index < -0.39 is 11.9 Å². The Balaban J connectivity index is 3.38. The first kappa shape index (κ1) is 11.8. The van der Waals surface area contributed by atoms with Gasteiger partial charge in [-0.3, -0.25) is 0 Å². The molecule has 0 unspecified atom stereocenters. The van der Waals surface area contributed by atoms with Crippen molar-refractivity contribution < 1.29 is 24.2 Å². The van der Waals surface area contributed by atoms with Crippen molar-refractivity contribution in [2.45, 2.75) is 0 Å². The summed E-state index contributed by atoms with van der Waals surface area (Å²) in [6, 6.07) is 2.44. The van der Waals surface area contributed by atoms with E-state index in [1.165, 1.54) is 19.2 Å². The van der Waals surface area contributed by atoms with Crippen LogP contribution < -0.4 is 5.73 Å². The van der Waals surface area contributed by atoms with Gasteiger partial charge in [0.2, 0.25) is 0 Å². The molecule has 1 rings (SSSR count). The van der Waals surface area contributed by atoms with E-state index in [1.807, 2.05) is 0 Å². The Morgan fingerprint density at radius 3 is 2.25 bits per heavy atom. The number of phenolic OH excluding ortho intramolecular Hbond substituents is 1. The molecule has 3 N–H and O–H groups in total. The van der Waals surface area contributed by atoms with Crippen molar-refractivity contribution in [2.24, 2.45) is 0 Å². The van der Waals surface area contributed by atoms with Crippen LogP contribution in [0.25, 0.3) is 0 Å². The van der Waals surface area contributed by atoms with E-state index >= 15 is 0 Å². The monoisotopic (exact) mass is 225 g/mol. The minimum Gasteiger partial charge on any atom is -0.507 e. The molecule has 0 radical (unpaired) electrons. The molecule has 6 nitrogen and oxygen atoms in total. The zero-order chi connectivity index (χ0) is 12.3. The van der Waals surface area contributed by atoms with Crippen molar-refractivity contribution in [3.8, 4) is 5.75 Å². The first-order valence-electron chi connectivity index (χ1n) is 4.31. The van der Waals surface area contributed by atoms with E-state index in [-0.39, 0.29) is 22.6 Å². The largest absolute Gasteiger partial charge is 0.507 e. The predicted octanol–water partition coefficient (Wildman–Crippen LogP) is 0.548. The molecule has 0 spiro atoms. The maximum Gasteiger partial charge on any atom is 0.343 e. The first-order chi connectivity index (χ1) is 7.52. The Kier molecular flexibility index (Phi) is 3.34. The maximum atomic E-state index is 11.3. The summed E-state index contributed by atoms with van der Waals surface area (Å²) in [5.41, 5.74) is 5.16. The van der Waals surface area contributed by atoms with Crippen LogP contribution in [0.1, 0.15) is 20.7 Å². The number of esters is 2. The number of rotatable bonds is 2. The molecular weight excluding hydrogens is 214 g/mol. The predicted molar refractivity (Wildman–Crippen MR) is 55.2 cm³/mol. The lowest BCUT2D eigenvalue weighted by atomic mass is 10.1. The van der Waals surface area contributed by atoms with Crippen LogP contribution in [0.2, 0.25) is 0 Å². The summed E-state index contributed by atoms with van der Waals surface area (Å²) < 4.78 is 8.91. The standard InChI is InChI=1S/C10H11NO5/c1-15-9(13)5-3-4-6(12)7(8(5)11)10(14)16-2/h3-4,12H,11H2,1-2H3. The number of hydrogen-bond acceptors (Lipinski definition) is 6. The molecule has 16 heavy (non-hydrogen) atoms. The molecule has 0 saturated heterocycles. The molecule has 0 aliphatic heterocycles. The van der Waals surface area contributed by atoms with Gasteiger partial charge < -0.3 is 20.3 Å². The number of benzene rings is 1. The number of hydrogen-bond donors (Lipinski definition) is 2. The van der Waals surface area contributed by atoms with Crippen molar-refractivity contribution in [3.05, 3.63) is 23.3 Å². The summed E-state index contributed by atoms with van der Waals surface area (Å²) in [6.07, 6.45) is 0. The average molecular weight is 225 g/mol. The van der Waals surface area contributed by atoms with Crippen LogP contribution in [0, 0.1) is 0 Å². The van der Waals surface area contributed by atoms with E-state index in [0.29, 0.717) is 0 Å². The first-order valence-corrected chi connectivity index (χ1v) is 4.31. The minimum absolute atomic E-state index is 0.000648. The number of nitrogen functional groups attached to an aromatic ring is 1. The molecule has 1 aromatic rings. The van der Waals surface area contributed by atoms with E-state index in [9.17, 15) is 14.7 Å². The zero-order valence-corrected chi connectivity index (χ0v) is 8.81. The second-order valence-electron chi connectivity index (χ2n) is 2.90. The molecule has 1 aromatic carbocycles. The van der Waals surface area contributed by atoms with Gasteiger partial charge in [0.15, 0.2) is 0 Å². The normalized spacial score (nSPS) is 9.62. The number of carbonyl (C=O) groups excluding carboxylic acids is 2. The van der Waals surface area contributed by atoms with Crippen LogP contribution in [-0.4, -0.2) is 31.3 Å². The Bertz CT molecular complexity index is 441. The Labute approximate surface area is 91.6 Å². The van der Waals surface area contributed by atoms with E-state index in [1.54, 1.807) is 0 Å². The average Bonchev–Trinajstić information content (AvgIpc) is 2.28. The van der Waals surface area contributed by atoms with E-state index in [2.05, 4.69) is 9.47 Å². The van der Waals surface area contributed by atoms with Gasteiger partial charge >= 0.3 is 11.9 Å². The molecule has 0 fully saturated rings. The van der Waals surface area contributed by atoms with Gasteiger partial charge in [-0.1, -0.05) is 0 Å². The SMILES string of the molecule is COC(=O)c1ccc(O)c(C(=O)OC)c1N. The quantitative estimate of drug-likeness (QED) is 0.563. The molecular formula is C10H11NO5. The van der Waals surface area contributed by atoms with Crippen LogP contribution in [0.15, 0.2) is 12.1 Å². The van der Waals surface area contributed by atoms with Crippen LogP contribution in [-0.2, 0) is 9.47 Å². The van der Waals surface area contributed by atoms with Gasteiger partial charge in [-0.25, -0.2) is 9.59 Å². The highest BCUT2D eigenvalue weighted by atomic mass is 16.5. The Morgan fingerprint density at radius 2 is 1.75 bits per heavy atom. The highest BCUT2D eigenvalue weighted by Crippen LogP contribution is 2.27. The second kappa shape index (κ2) is 4.52. The van der Waals surface area contributed by atoms with Gasteiger partial charge in [0.05, 0.1) is 25.5 Å². The summed E-state index contributed by atoms with van der Waals surface area (Å²) in [6.45, 7) is 0. The minimum atomic E-state index is -0.819. The number of ether oxygens (including phenoxy) is 2. The second-order valence-corrected chi connectivity index (χ2v) is 2.90. The third-order valence-electron chi connectivity index (χ3n) is 2.02. The van der Waals surface area contributed by atoms with Gasteiger partial charge in [-0.2, -0.15) is 0 Å². The van der Waals surface area contributed by atoms with Crippen LogP contribution >= 0.6 is 0 Å². The number of aromatic hydroxyl groups is 1. The van der Waals surface area contributed by atoms with Crippen LogP contribution in [0.3, 0.4) is 0 Å². The molecule has 6 heteroatoms. The van der Waals surface area contributed by atoms with E-state index in [0.717, 1.165) is 7.11 Å². The smallest absolute Gasteiger partial charge is 0.343 e. The van der Waals surface area contributed by atoms with Gasteiger partial charge in [-0.05, 0) is 12.1 Å². The summed E-state index contributed by atoms with van der Waals surface area (Å²) >= 11 is 0. The van der Waals surface area contributed by atoms with Crippen molar-refractivity contribution in [3.63, 3.8) is 0 Å². The zero-order valence-electron chi connectivity index (χ0n) is 8.81. The molecule has 0 aliphatic rings. The number of phenols is 1. The van der Waals surface area contributed by atoms with Crippen molar-refractivity contribution in [2.75, 3.05) is 20.0 Å². The Hall–Kier alpha value is -2.24. The lowest BCUT2D eigenvalue weighted by Crippen LogP contribution is -2.12. The molecule has 0 saturated carbocycles. The summed E-state index contributed by atoms with van der Waals surface area (Å²) in [5, 5.41) is 9.44. The molecule has 0 heterocycles. The lowest BCUT2D eigenvalue weighted by molar-refractivity contribution is 0.0598. The van der Waals surface area contributed by atoms with Crippen molar-refractivity contribution >= 4 is 17.6 Å². The Morgan fingerprint density at radius 1 is 1.19 bits per heavy atom. The lowest BCUT2D eigenvalue weighted by Gasteiger charge is -2.09. The molecule has 0 aliphatic carbocycles. The fraction of sp³-hybridized carbons (Fsp3) is 0.200.